The van der Waals surface area contributed by atoms with E-state index in [1.54, 1.807) is 12.4 Å². The molecule has 1 aromatic heterocycles. The van der Waals surface area contributed by atoms with Crippen LogP contribution in [-0.2, 0) is 6.54 Å². The number of aryl methyl sites for hydroxylation is 1. The lowest BCUT2D eigenvalue weighted by molar-refractivity contribution is 0.667. The first kappa shape index (κ1) is 13.3. The van der Waals surface area contributed by atoms with Gasteiger partial charge < -0.3 is 10.6 Å². The lowest BCUT2D eigenvalue weighted by Crippen LogP contribution is -2.31. The van der Waals surface area contributed by atoms with Gasteiger partial charge in [0.25, 0.3) is 0 Å². The van der Waals surface area contributed by atoms with Crippen molar-refractivity contribution < 1.29 is 0 Å². The second-order valence-electron chi connectivity index (χ2n) is 4.93. The van der Waals surface area contributed by atoms with E-state index in [1.165, 1.54) is 5.56 Å². The van der Waals surface area contributed by atoms with Gasteiger partial charge in [0.05, 0.1) is 5.69 Å². The van der Waals surface area contributed by atoms with Gasteiger partial charge in [0.2, 0.25) is 0 Å². The van der Waals surface area contributed by atoms with E-state index < -0.39 is 0 Å². The summed E-state index contributed by atoms with van der Waals surface area (Å²) in [4.78, 5) is 11.0. The summed E-state index contributed by atoms with van der Waals surface area (Å²) in [7, 11) is 0. The monoisotopic (exact) mass is 256 g/mol. The van der Waals surface area contributed by atoms with E-state index in [0.29, 0.717) is 6.04 Å². The van der Waals surface area contributed by atoms with Crippen LogP contribution in [0.2, 0.25) is 0 Å². The molecule has 0 atom stereocenters. The van der Waals surface area contributed by atoms with Crippen molar-refractivity contribution in [2.75, 3.05) is 10.6 Å². The van der Waals surface area contributed by atoms with Crippen molar-refractivity contribution in [3.8, 4) is 0 Å². The largest absolute Gasteiger partial charge is 0.399 e. The van der Waals surface area contributed by atoms with E-state index in [4.69, 9.17) is 5.73 Å². The smallest absolute Gasteiger partial charge is 0.150 e. The van der Waals surface area contributed by atoms with Crippen LogP contribution in [0.3, 0.4) is 0 Å². The number of benzene rings is 1. The Labute approximate surface area is 114 Å². The molecular formula is C15H20N4. The molecule has 0 fully saturated rings. The number of nitrogen functional groups attached to an aromatic ring is 1. The second-order valence-corrected chi connectivity index (χ2v) is 4.93. The Hall–Kier alpha value is -2.10. The van der Waals surface area contributed by atoms with Crippen LogP contribution >= 0.6 is 0 Å². The molecule has 0 saturated heterocycles. The van der Waals surface area contributed by atoms with Crippen LogP contribution in [0.4, 0.5) is 11.5 Å². The van der Waals surface area contributed by atoms with E-state index in [1.807, 2.05) is 19.1 Å². The molecule has 100 valence electrons. The van der Waals surface area contributed by atoms with Crippen LogP contribution in [0.15, 0.2) is 36.7 Å². The zero-order valence-corrected chi connectivity index (χ0v) is 11.7. The van der Waals surface area contributed by atoms with Crippen molar-refractivity contribution in [3.05, 3.63) is 47.9 Å². The van der Waals surface area contributed by atoms with E-state index in [0.717, 1.165) is 23.7 Å². The summed E-state index contributed by atoms with van der Waals surface area (Å²) in [6.07, 6.45) is 3.46. The van der Waals surface area contributed by atoms with Crippen LogP contribution in [0.25, 0.3) is 0 Å². The standard InChI is InChI=1S/C15H20N4/c1-11(2)19(15-12(3)17-8-9-18-15)10-13-4-6-14(16)7-5-13/h4-9,11H,10,16H2,1-3H3. The first-order valence-corrected chi connectivity index (χ1v) is 6.46. The third kappa shape index (κ3) is 3.22. The van der Waals surface area contributed by atoms with Gasteiger partial charge in [0.15, 0.2) is 5.82 Å². The lowest BCUT2D eigenvalue weighted by atomic mass is 10.1. The normalized spacial score (nSPS) is 10.7. The quantitative estimate of drug-likeness (QED) is 0.855. The summed E-state index contributed by atoms with van der Waals surface area (Å²) >= 11 is 0. The van der Waals surface area contributed by atoms with E-state index in [9.17, 15) is 0 Å². The number of anilines is 2. The van der Waals surface area contributed by atoms with Gasteiger partial charge in [0.1, 0.15) is 0 Å². The molecule has 4 heteroatoms. The highest BCUT2D eigenvalue weighted by Gasteiger charge is 2.15. The summed E-state index contributed by atoms with van der Waals surface area (Å²) < 4.78 is 0. The Morgan fingerprint density at radius 2 is 1.74 bits per heavy atom. The number of nitrogens with zero attached hydrogens (tertiary/aromatic N) is 3. The molecule has 0 radical (unpaired) electrons. The second kappa shape index (κ2) is 5.69. The van der Waals surface area contributed by atoms with Crippen molar-refractivity contribution in [1.29, 1.82) is 0 Å². The Morgan fingerprint density at radius 3 is 2.32 bits per heavy atom. The molecule has 0 aliphatic rings. The molecule has 1 heterocycles. The SMILES string of the molecule is Cc1nccnc1N(Cc1ccc(N)cc1)C(C)C. The molecule has 4 nitrogen and oxygen atoms in total. The Balaban J connectivity index is 2.27. The molecule has 2 N–H and O–H groups in total. The number of hydrogen-bond acceptors (Lipinski definition) is 4. The van der Waals surface area contributed by atoms with Gasteiger partial charge >= 0.3 is 0 Å². The fourth-order valence-electron chi connectivity index (χ4n) is 2.00. The number of hydrogen-bond donors (Lipinski definition) is 1. The van der Waals surface area contributed by atoms with E-state index >= 15 is 0 Å². The van der Waals surface area contributed by atoms with Crippen LogP contribution in [-0.4, -0.2) is 16.0 Å². The summed E-state index contributed by atoms with van der Waals surface area (Å²) in [6.45, 7) is 7.11. The predicted molar refractivity (Wildman–Crippen MR) is 78.9 cm³/mol. The van der Waals surface area contributed by atoms with Crippen molar-refractivity contribution >= 4 is 11.5 Å². The fraction of sp³-hybridized carbons (Fsp3) is 0.333. The minimum absolute atomic E-state index is 0.355. The third-order valence-electron chi connectivity index (χ3n) is 3.08. The van der Waals surface area contributed by atoms with Crippen LogP contribution in [0.5, 0.6) is 0 Å². The van der Waals surface area contributed by atoms with E-state index in [-0.39, 0.29) is 0 Å². The van der Waals surface area contributed by atoms with Gasteiger partial charge in [-0.3, -0.25) is 4.98 Å². The summed E-state index contributed by atoms with van der Waals surface area (Å²) in [6, 6.07) is 8.31. The van der Waals surface area contributed by atoms with Gasteiger partial charge in [-0.25, -0.2) is 4.98 Å². The average Bonchev–Trinajstić information content (AvgIpc) is 2.39. The molecule has 0 spiro atoms. The zero-order chi connectivity index (χ0) is 13.8. The minimum Gasteiger partial charge on any atom is -0.399 e. The van der Waals surface area contributed by atoms with Gasteiger partial charge in [-0.05, 0) is 38.5 Å². The summed E-state index contributed by atoms with van der Waals surface area (Å²) in [5.74, 6) is 0.939. The number of rotatable bonds is 4. The Bertz CT molecular complexity index is 534. The highest BCUT2D eigenvalue weighted by Crippen LogP contribution is 2.20. The molecule has 0 unspecified atom stereocenters. The number of nitrogens with two attached hydrogens (primary N) is 1. The molecule has 2 aromatic rings. The van der Waals surface area contributed by atoms with Crippen LogP contribution < -0.4 is 10.6 Å². The topological polar surface area (TPSA) is 55.0 Å². The first-order chi connectivity index (χ1) is 9.08. The molecular weight excluding hydrogens is 236 g/mol. The maximum Gasteiger partial charge on any atom is 0.150 e. The highest BCUT2D eigenvalue weighted by atomic mass is 15.2. The van der Waals surface area contributed by atoms with Crippen molar-refractivity contribution in [1.82, 2.24) is 9.97 Å². The van der Waals surface area contributed by atoms with Gasteiger partial charge in [-0.2, -0.15) is 0 Å². The molecule has 0 saturated carbocycles. The summed E-state index contributed by atoms with van der Waals surface area (Å²) in [5.41, 5.74) is 8.67. The summed E-state index contributed by atoms with van der Waals surface area (Å²) in [5, 5.41) is 0. The third-order valence-corrected chi connectivity index (χ3v) is 3.08. The Morgan fingerprint density at radius 1 is 1.11 bits per heavy atom. The zero-order valence-electron chi connectivity index (χ0n) is 11.7. The van der Waals surface area contributed by atoms with E-state index in [2.05, 4.69) is 40.8 Å². The average molecular weight is 256 g/mol. The molecule has 1 aromatic carbocycles. The van der Waals surface area contributed by atoms with Crippen LogP contribution in [0.1, 0.15) is 25.1 Å². The first-order valence-electron chi connectivity index (χ1n) is 6.46. The van der Waals surface area contributed by atoms with Crippen molar-refractivity contribution in [2.45, 2.75) is 33.4 Å². The minimum atomic E-state index is 0.355. The molecule has 0 aliphatic carbocycles. The van der Waals surface area contributed by atoms with Gasteiger partial charge in [-0.1, -0.05) is 12.1 Å². The fourth-order valence-corrected chi connectivity index (χ4v) is 2.00. The van der Waals surface area contributed by atoms with Crippen molar-refractivity contribution in [2.24, 2.45) is 0 Å². The van der Waals surface area contributed by atoms with Crippen molar-refractivity contribution in [3.63, 3.8) is 0 Å². The lowest BCUT2D eigenvalue weighted by Gasteiger charge is -2.28. The maximum atomic E-state index is 5.72. The highest BCUT2D eigenvalue weighted by molar-refractivity contribution is 5.45. The molecule has 0 bridgehead atoms. The Kier molecular flexibility index (Phi) is 4.00. The predicted octanol–water partition coefficient (Wildman–Crippen LogP) is 2.78. The van der Waals surface area contributed by atoms with Crippen LogP contribution in [0, 0.1) is 6.92 Å². The molecule has 0 amide bonds. The molecule has 2 rings (SSSR count). The molecule has 0 aliphatic heterocycles. The van der Waals surface area contributed by atoms with Gasteiger partial charge in [0, 0.05) is 30.7 Å². The van der Waals surface area contributed by atoms with Gasteiger partial charge in [-0.15, -0.1) is 0 Å². The molecule has 19 heavy (non-hydrogen) atoms. The maximum absolute atomic E-state index is 5.72. The number of aromatic nitrogens is 2.